The molecule has 0 radical (unpaired) electrons. The minimum atomic E-state index is -0.664. The van der Waals surface area contributed by atoms with Crippen LogP contribution in [-0.2, 0) is 4.79 Å². The first-order chi connectivity index (χ1) is 17.4. The van der Waals surface area contributed by atoms with E-state index in [-0.39, 0.29) is 29.0 Å². The van der Waals surface area contributed by atoms with Gasteiger partial charge in [0.05, 0.1) is 17.8 Å². The molecule has 0 unspecified atom stereocenters. The molecule has 184 valence electrons. The Bertz CT molecular complexity index is 1340. The zero-order chi connectivity index (χ0) is 25.5. The molecule has 0 aliphatic carbocycles. The summed E-state index contributed by atoms with van der Waals surface area (Å²) in [6.07, 6.45) is 2.83. The van der Waals surface area contributed by atoms with Gasteiger partial charge in [-0.05, 0) is 60.5 Å². The van der Waals surface area contributed by atoms with E-state index < -0.39 is 11.8 Å². The van der Waals surface area contributed by atoms with E-state index in [4.69, 9.17) is 25.8 Å². The summed E-state index contributed by atoms with van der Waals surface area (Å²) < 4.78 is 16.1. The van der Waals surface area contributed by atoms with Crippen LogP contribution in [0.2, 0.25) is 5.02 Å². The maximum atomic E-state index is 13.0. The Balaban J connectivity index is 1.56. The van der Waals surface area contributed by atoms with Crippen molar-refractivity contribution in [2.75, 3.05) is 13.4 Å². The number of fused-ring (bicyclic) bond motifs is 1. The Morgan fingerprint density at radius 1 is 1.08 bits per heavy atom. The highest BCUT2D eigenvalue weighted by Gasteiger charge is 2.17. The van der Waals surface area contributed by atoms with Crippen LogP contribution < -0.4 is 25.0 Å². The number of benzene rings is 3. The number of hydrazone groups is 1. The van der Waals surface area contributed by atoms with Gasteiger partial charge in [-0.15, -0.1) is 0 Å². The summed E-state index contributed by atoms with van der Waals surface area (Å²) in [6, 6.07) is 16.6. The predicted molar refractivity (Wildman–Crippen MR) is 134 cm³/mol. The molecule has 10 heteroatoms. The molecule has 1 aliphatic heterocycles. The first kappa shape index (κ1) is 24.6. The van der Waals surface area contributed by atoms with Gasteiger partial charge in [-0.2, -0.15) is 5.10 Å². The number of phenolic OH excluding ortho intramolecular Hbond substituents is 1. The number of phenols is 1. The van der Waals surface area contributed by atoms with Crippen LogP contribution in [-0.4, -0.2) is 36.5 Å². The fourth-order valence-electron chi connectivity index (χ4n) is 3.27. The molecule has 3 aromatic carbocycles. The Labute approximate surface area is 211 Å². The normalized spacial score (nSPS) is 12.4. The molecule has 2 amide bonds. The predicted octanol–water partition coefficient (Wildman–Crippen LogP) is 4.09. The smallest absolute Gasteiger partial charge is 0.287 e. The number of carbonyl (C=O) groups excluding carboxylic acids is 2. The molecular weight excluding hydrogens is 486 g/mol. The van der Waals surface area contributed by atoms with Crippen molar-refractivity contribution >= 4 is 35.7 Å². The molecule has 36 heavy (non-hydrogen) atoms. The van der Waals surface area contributed by atoms with Crippen molar-refractivity contribution in [3.63, 3.8) is 0 Å². The number of ether oxygens (including phenoxy) is 3. The third kappa shape index (κ3) is 5.94. The zero-order valence-electron chi connectivity index (χ0n) is 19.2. The highest BCUT2D eigenvalue weighted by atomic mass is 35.5. The van der Waals surface area contributed by atoms with Gasteiger partial charge in [-0.3, -0.25) is 9.59 Å². The second-order valence-corrected chi connectivity index (χ2v) is 7.88. The van der Waals surface area contributed by atoms with Crippen LogP contribution in [0.15, 0.2) is 71.5 Å². The summed E-state index contributed by atoms with van der Waals surface area (Å²) in [5, 5.41) is 16.6. The number of hydrogen-bond donors (Lipinski definition) is 3. The van der Waals surface area contributed by atoms with E-state index in [0.717, 1.165) is 0 Å². The first-order valence-corrected chi connectivity index (χ1v) is 11.3. The van der Waals surface area contributed by atoms with E-state index >= 15 is 0 Å². The number of halogens is 1. The van der Waals surface area contributed by atoms with E-state index in [2.05, 4.69) is 15.8 Å². The molecule has 3 aromatic rings. The molecule has 4 rings (SSSR count). The monoisotopic (exact) mass is 507 g/mol. The van der Waals surface area contributed by atoms with Gasteiger partial charge in [0.1, 0.15) is 5.70 Å². The largest absolute Gasteiger partial charge is 0.503 e. The molecule has 0 aromatic heterocycles. The minimum absolute atomic E-state index is 0.0430. The van der Waals surface area contributed by atoms with Crippen molar-refractivity contribution in [2.24, 2.45) is 5.10 Å². The minimum Gasteiger partial charge on any atom is -0.503 e. The van der Waals surface area contributed by atoms with Gasteiger partial charge in [-0.25, -0.2) is 5.43 Å². The van der Waals surface area contributed by atoms with Gasteiger partial charge in [0.2, 0.25) is 6.79 Å². The Kier molecular flexibility index (Phi) is 7.72. The highest BCUT2D eigenvalue weighted by Crippen LogP contribution is 2.35. The number of hydrogen-bond acceptors (Lipinski definition) is 7. The number of aromatic hydroxyl groups is 1. The highest BCUT2D eigenvalue weighted by molar-refractivity contribution is 6.32. The molecule has 0 saturated carbocycles. The quantitative estimate of drug-likeness (QED) is 0.240. The summed E-state index contributed by atoms with van der Waals surface area (Å²) in [7, 11) is 0. The van der Waals surface area contributed by atoms with Gasteiger partial charge in [-0.1, -0.05) is 35.9 Å². The average Bonchev–Trinajstić information content (AvgIpc) is 3.35. The van der Waals surface area contributed by atoms with E-state index in [9.17, 15) is 14.7 Å². The average molecular weight is 508 g/mol. The lowest BCUT2D eigenvalue weighted by Crippen LogP contribution is -2.32. The maximum absolute atomic E-state index is 13.0. The summed E-state index contributed by atoms with van der Waals surface area (Å²) in [4.78, 5) is 25.7. The lowest BCUT2D eigenvalue weighted by molar-refractivity contribution is -0.117. The Morgan fingerprint density at radius 3 is 2.64 bits per heavy atom. The Hall–Kier alpha value is -4.50. The molecule has 3 N–H and O–H groups in total. The standard InChI is InChI=1S/C26H22ClN3O6/c1-2-34-23-13-17(10-19(27)24(23)31)14-28-30-26(33)20(29-25(32)18-6-4-3-5-7-18)11-16-8-9-21-22(12-16)36-15-35-21/h3-14,31H,2,15H2,1H3,(H,29,32)(H,30,33)/b20-11+,28-14+. The van der Waals surface area contributed by atoms with Gasteiger partial charge in [0.15, 0.2) is 23.0 Å². The van der Waals surface area contributed by atoms with E-state index in [0.29, 0.717) is 34.8 Å². The van der Waals surface area contributed by atoms with Crippen LogP contribution in [0, 0.1) is 0 Å². The van der Waals surface area contributed by atoms with Crippen molar-refractivity contribution < 1.29 is 28.9 Å². The third-order valence-electron chi connectivity index (χ3n) is 4.97. The molecule has 0 saturated heterocycles. The van der Waals surface area contributed by atoms with Crippen LogP contribution in [0.1, 0.15) is 28.4 Å². The number of nitrogens with zero attached hydrogens (tertiary/aromatic N) is 1. The number of carbonyl (C=O) groups is 2. The lowest BCUT2D eigenvalue weighted by Gasteiger charge is -2.10. The second-order valence-electron chi connectivity index (χ2n) is 7.47. The van der Waals surface area contributed by atoms with Crippen molar-refractivity contribution in [1.82, 2.24) is 10.7 Å². The number of amides is 2. The summed E-state index contributed by atoms with van der Waals surface area (Å²) in [6.45, 7) is 2.21. The zero-order valence-corrected chi connectivity index (χ0v) is 19.9. The molecule has 0 fully saturated rings. The van der Waals surface area contributed by atoms with Crippen LogP contribution >= 0.6 is 11.6 Å². The molecular formula is C26H22ClN3O6. The fourth-order valence-corrected chi connectivity index (χ4v) is 3.49. The topological polar surface area (TPSA) is 118 Å². The third-order valence-corrected chi connectivity index (χ3v) is 5.25. The summed E-state index contributed by atoms with van der Waals surface area (Å²) in [5.74, 6) is 0.00495. The van der Waals surface area contributed by atoms with Gasteiger partial charge in [0.25, 0.3) is 11.8 Å². The second kappa shape index (κ2) is 11.3. The summed E-state index contributed by atoms with van der Waals surface area (Å²) >= 11 is 6.04. The first-order valence-electron chi connectivity index (χ1n) is 10.9. The molecule has 1 heterocycles. The van der Waals surface area contributed by atoms with Crippen molar-refractivity contribution in [2.45, 2.75) is 6.92 Å². The number of nitrogens with one attached hydrogen (secondary N) is 2. The van der Waals surface area contributed by atoms with E-state index in [1.807, 2.05) is 0 Å². The van der Waals surface area contributed by atoms with Crippen LogP contribution in [0.3, 0.4) is 0 Å². The van der Waals surface area contributed by atoms with Crippen LogP contribution in [0.5, 0.6) is 23.0 Å². The SMILES string of the molecule is CCOc1cc(/C=N/NC(=O)/C(=C\c2ccc3c(c2)OCO3)NC(=O)c2ccccc2)cc(Cl)c1O. The molecule has 9 nitrogen and oxygen atoms in total. The molecule has 1 aliphatic rings. The van der Waals surface area contributed by atoms with Gasteiger partial charge in [0, 0.05) is 5.56 Å². The molecule has 0 atom stereocenters. The summed E-state index contributed by atoms with van der Waals surface area (Å²) in [5.41, 5.74) is 3.82. The van der Waals surface area contributed by atoms with Crippen molar-refractivity contribution in [3.05, 3.63) is 88.1 Å². The van der Waals surface area contributed by atoms with E-state index in [1.165, 1.54) is 24.4 Å². The van der Waals surface area contributed by atoms with Crippen molar-refractivity contribution in [3.8, 4) is 23.0 Å². The molecule has 0 spiro atoms. The van der Waals surface area contributed by atoms with Crippen molar-refractivity contribution in [1.29, 1.82) is 0 Å². The van der Waals surface area contributed by atoms with E-state index in [1.54, 1.807) is 55.5 Å². The van der Waals surface area contributed by atoms with Crippen LogP contribution in [0.4, 0.5) is 0 Å². The van der Waals surface area contributed by atoms with Crippen LogP contribution in [0.25, 0.3) is 6.08 Å². The molecule has 0 bridgehead atoms. The lowest BCUT2D eigenvalue weighted by atomic mass is 10.1. The number of rotatable bonds is 8. The van der Waals surface area contributed by atoms with Gasteiger partial charge < -0.3 is 24.6 Å². The Morgan fingerprint density at radius 2 is 1.86 bits per heavy atom. The van der Waals surface area contributed by atoms with Gasteiger partial charge >= 0.3 is 0 Å². The maximum Gasteiger partial charge on any atom is 0.287 e. The fraction of sp³-hybridized carbons (Fsp3) is 0.115.